The van der Waals surface area contributed by atoms with Gasteiger partial charge in [0.15, 0.2) is 0 Å². The van der Waals surface area contributed by atoms with Gasteiger partial charge in [0.1, 0.15) is 0 Å². The van der Waals surface area contributed by atoms with E-state index < -0.39 is 15.6 Å². The Hall–Kier alpha value is -1.70. The van der Waals surface area contributed by atoms with Crippen molar-refractivity contribution in [2.45, 2.75) is 43.7 Å². The molecular formula is C21H28N2O4S. The van der Waals surface area contributed by atoms with Crippen molar-refractivity contribution >= 4 is 22.0 Å². The zero-order valence-corrected chi connectivity index (χ0v) is 17.2. The molecular weight excluding hydrogens is 376 g/mol. The minimum absolute atomic E-state index is 0.0523. The maximum absolute atomic E-state index is 13.0. The first kappa shape index (κ1) is 19.6. The molecule has 0 radical (unpaired) electrons. The molecule has 28 heavy (non-hydrogen) atoms. The van der Waals surface area contributed by atoms with E-state index in [2.05, 4.69) is 0 Å². The zero-order chi connectivity index (χ0) is 20.1. The number of sulfonamides is 1. The first-order valence-electron chi connectivity index (χ1n) is 9.91. The zero-order valence-electron chi connectivity index (χ0n) is 16.4. The van der Waals surface area contributed by atoms with E-state index in [4.69, 9.17) is 0 Å². The lowest BCUT2D eigenvalue weighted by Crippen LogP contribution is -2.85. The summed E-state index contributed by atoms with van der Waals surface area (Å²) >= 11 is 0. The maximum atomic E-state index is 13.0. The van der Waals surface area contributed by atoms with Gasteiger partial charge in [-0.3, -0.25) is 4.79 Å². The molecule has 3 fully saturated rings. The minimum atomic E-state index is -3.29. The average Bonchev–Trinajstić information content (AvgIpc) is 3.37. The molecule has 0 aromatic heterocycles. The molecule has 1 saturated carbocycles. The van der Waals surface area contributed by atoms with Crippen LogP contribution in [0.5, 0.6) is 0 Å². The molecule has 152 valence electrons. The summed E-state index contributed by atoms with van der Waals surface area (Å²) in [6.07, 6.45) is 7.88. The Labute approximate surface area is 166 Å². The molecule has 1 spiro atoms. The molecule has 1 N–H and O–H groups in total. The van der Waals surface area contributed by atoms with Crippen LogP contribution in [-0.2, 0) is 14.8 Å². The second-order valence-electron chi connectivity index (χ2n) is 8.44. The Bertz CT molecular complexity index is 883. The molecule has 1 amide bonds. The van der Waals surface area contributed by atoms with Crippen LogP contribution in [-0.4, -0.2) is 66.2 Å². The standard InChI is InChI=1S/C21H28N2O4S/c1-3-4-15-7-9-17(10-8-15)20-18(12-24)23(19(25)11-16-5-6-16)21(20)13-22(14-21)28(2,26)27/h3-4,7-10,16,18,20,24H,5-6,11-14H2,1-2H3/t18-,20+/m1/s1. The fourth-order valence-electron chi connectivity index (χ4n) is 4.88. The van der Waals surface area contributed by atoms with E-state index in [1.807, 2.05) is 43.3 Å². The first-order chi connectivity index (χ1) is 13.3. The van der Waals surface area contributed by atoms with Crippen LogP contribution < -0.4 is 0 Å². The van der Waals surface area contributed by atoms with Gasteiger partial charge in [-0.05, 0) is 36.8 Å². The molecule has 2 heterocycles. The second-order valence-corrected chi connectivity index (χ2v) is 10.4. The van der Waals surface area contributed by atoms with Crippen LogP contribution in [0.4, 0.5) is 0 Å². The molecule has 1 aromatic rings. The summed E-state index contributed by atoms with van der Waals surface area (Å²) in [6.45, 7) is 2.46. The Morgan fingerprint density at radius 2 is 1.89 bits per heavy atom. The fraction of sp³-hybridized carbons (Fsp3) is 0.571. The topological polar surface area (TPSA) is 77.9 Å². The quantitative estimate of drug-likeness (QED) is 0.785. The van der Waals surface area contributed by atoms with Crippen LogP contribution in [0.1, 0.15) is 43.2 Å². The maximum Gasteiger partial charge on any atom is 0.223 e. The summed E-state index contributed by atoms with van der Waals surface area (Å²) in [4.78, 5) is 14.8. The number of carbonyl (C=O) groups is 1. The van der Waals surface area contributed by atoms with Crippen molar-refractivity contribution in [3.8, 4) is 0 Å². The van der Waals surface area contributed by atoms with E-state index in [1.165, 1.54) is 10.6 Å². The Kier molecular flexibility index (Phi) is 4.88. The van der Waals surface area contributed by atoms with Crippen molar-refractivity contribution in [1.82, 2.24) is 9.21 Å². The minimum Gasteiger partial charge on any atom is -0.394 e. The fourth-order valence-corrected chi connectivity index (χ4v) is 5.80. The van der Waals surface area contributed by atoms with Crippen LogP contribution in [0.2, 0.25) is 0 Å². The van der Waals surface area contributed by atoms with Gasteiger partial charge in [0.25, 0.3) is 0 Å². The van der Waals surface area contributed by atoms with Crippen molar-refractivity contribution in [2.24, 2.45) is 5.92 Å². The third kappa shape index (κ3) is 3.19. The van der Waals surface area contributed by atoms with Gasteiger partial charge in [0.2, 0.25) is 15.9 Å². The first-order valence-corrected chi connectivity index (χ1v) is 11.8. The number of aliphatic hydroxyl groups is 1. The third-order valence-corrected chi connectivity index (χ3v) is 7.61. The van der Waals surface area contributed by atoms with Crippen molar-refractivity contribution in [3.63, 3.8) is 0 Å². The largest absolute Gasteiger partial charge is 0.394 e. The summed E-state index contributed by atoms with van der Waals surface area (Å²) in [6, 6.07) is 7.84. The van der Waals surface area contributed by atoms with Crippen molar-refractivity contribution in [3.05, 3.63) is 41.5 Å². The van der Waals surface area contributed by atoms with Gasteiger partial charge in [-0.2, -0.15) is 4.31 Å². The number of hydrogen-bond acceptors (Lipinski definition) is 4. The number of likely N-dealkylation sites (tertiary alicyclic amines) is 1. The second kappa shape index (κ2) is 6.97. The molecule has 2 aliphatic heterocycles. The summed E-state index contributed by atoms with van der Waals surface area (Å²) < 4.78 is 25.4. The molecule has 6 nitrogen and oxygen atoms in total. The number of nitrogens with zero attached hydrogens (tertiary/aromatic N) is 2. The van der Waals surface area contributed by atoms with Gasteiger partial charge in [0.05, 0.1) is 24.4 Å². The van der Waals surface area contributed by atoms with Crippen LogP contribution in [0, 0.1) is 5.92 Å². The van der Waals surface area contributed by atoms with Gasteiger partial charge >= 0.3 is 0 Å². The number of amides is 1. The molecule has 4 rings (SSSR count). The normalized spacial score (nSPS) is 27.0. The van der Waals surface area contributed by atoms with Crippen LogP contribution in [0.15, 0.2) is 30.3 Å². The van der Waals surface area contributed by atoms with Crippen LogP contribution in [0.25, 0.3) is 6.08 Å². The average molecular weight is 405 g/mol. The predicted molar refractivity (Wildman–Crippen MR) is 108 cm³/mol. The van der Waals surface area contributed by atoms with E-state index >= 15 is 0 Å². The number of carbonyl (C=O) groups excluding carboxylic acids is 1. The van der Waals surface area contributed by atoms with Gasteiger partial charge in [-0.25, -0.2) is 8.42 Å². The summed E-state index contributed by atoms with van der Waals surface area (Å²) in [7, 11) is -3.29. The molecule has 0 bridgehead atoms. The number of hydrogen-bond donors (Lipinski definition) is 1. The number of allylic oxidation sites excluding steroid dienone is 1. The monoisotopic (exact) mass is 404 g/mol. The molecule has 3 aliphatic rings. The van der Waals surface area contributed by atoms with Crippen molar-refractivity contribution in [1.29, 1.82) is 0 Å². The molecule has 1 aliphatic carbocycles. The van der Waals surface area contributed by atoms with Gasteiger partial charge < -0.3 is 10.0 Å². The lowest BCUT2D eigenvalue weighted by molar-refractivity contribution is -0.189. The lowest BCUT2D eigenvalue weighted by Gasteiger charge is -2.70. The highest BCUT2D eigenvalue weighted by atomic mass is 32.2. The summed E-state index contributed by atoms with van der Waals surface area (Å²) in [5.74, 6) is 0.448. The van der Waals surface area contributed by atoms with Crippen molar-refractivity contribution in [2.75, 3.05) is 26.0 Å². The SMILES string of the molecule is CC=Cc1ccc([C@H]2[C@@H](CO)N(C(=O)CC3CC3)C23CN(S(C)(=O)=O)C3)cc1. The van der Waals surface area contributed by atoms with Crippen LogP contribution in [0.3, 0.4) is 0 Å². The highest BCUT2D eigenvalue weighted by Gasteiger charge is 2.68. The highest BCUT2D eigenvalue weighted by molar-refractivity contribution is 7.88. The third-order valence-electron chi connectivity index (χ3n) is 6.42. The smallest absolute Gasteiger partial charge is 0.223 e. The molecule has 2 saturated heterocycles. The molecule has 7 heteroatoms. The van der Waals surface area contributed by atoms with Crippen LogP contribution >= 0.6 is 0 Å². The number of rotatable bonds is 6. The number of benzene rings is 1. The van der Waals surface area contributed by atoms with E-state index in [0.29, 0.717) is 25.4 Å². The summed E-state index contributed by atoms with van der Waals surface area (Å²) in [5.41, 5.74) is 1.61. The molecule has 1 aromatic carbocycles. The van der Waals surface area contributed by atoms with Gasteiger partial charge in [0, 0.05) is 25.4 Å². The van der Waals surface area contributed by atoms with E-state index in [1.54, 1.807) is 4.90 Å². The summed E-state index contributed by atoms with van der Waals surface area (Å²) in [5, 5.41) is 10.1. The van der Waals surface area contributed by atoms with Gasteiger partial charge in [-0.15, -0.1) is 0 Å². The van der Waals surface area contributed by atoms with E-state index in [0.717, 1.165) is 24.0 Å². The Balaban J connectivity index is 1.64. The van der Waals surface area contributed by atoms with Crippen molar-refractivity contribution < 1.29 is 18.3 Å². The molecule has 0 unspecified atom stereocenters. The van der Waals surface area contributed by atoms with E-state index in [9.17, 15) is 18.3 Å². The lowest BCUT2D eigenvalue weighted by atomic mass is 9.61. The Morgan fingerprint density at radius 3 is 2.39 bits per heavy atom. The Morgan fingerprint density at radius 1 is 1.25 bits per heavy atom. The number of aliphatic hydroxyl groups excluding tert-OH is 1. The van der Waals surface area contributed by atoms with E-state index in [-0.39, 0.29) is 24.5 Å². The highest BCUT2D eigenvalue weighted by Crippen LogP contribution is 2.55. The molecule has 2 atom stereocenters. The predicted octanol–water partition coefficient (Wildman–Crippen LogP) is 1.82. The van der Waals surface area contributed by atoms with Gasteiger partial charge in [-0.1, -0.05) is 36.4 Å².